The molecule has 0 bridgehead atoms. The molecule has 0 fully saturated rings. The highest BCUT2D eigenvalue weighted by atomic mass is 79.9. The second-order valence-corrected chi connectivity index (χ2v) is 4.73. The molecule has 1 aromatic rings. The third-order valence-electron chi connectivity index (χ3n) is 3.30. The Morgan fingerprint density at radius 1 is 1.19 bits per heavy atom. The van der Waals surface area contributed by atoms with Crippen molar-refractivity contribution in [3.63, 3.8) is 0 Å². The molecule has 2 N–H and O–H groups in total. The van der Waals surface area contributed by atoms with Crippen LogP contribution in [0.15, 0.2) is 23.2 Å². The van der Waals surface area contributed by atoms with Gasteiger partial charge in [0.2, 0.25) is 0 Å². The number of ether oxygens (including phenoxy) is 2. The zero-order chi connectivity index (χ0) is 14.2. The summed E-state index contributed by atoms with van der Waals surface area (Å²) in [6.07, 6.45) is 3.26. The summed E-state index contributed by atoms with van der Waals surface area (Å²) in [5, 5.41) is 6.65. The molecule has 1 aliphatic rings. The number of rotatable bonds is 5. The van der Waals surface area contributed by atoms with E-state index in [1.54, 1.807) is 14.2 Å². The molecule has 0 aromatic heterocycles. The summed E-state index contributed by atoms with van der Waals surface area (Å²) in [6, 6.07) is 6.02. The Bertz CT molecular complexity index is 466. The standard InChI is InChI=1S/C15H23N3O2.BrH/c1-19-13-6-5-12(11-14(13)20-2)7-10-18-15-16-8-3-4-9-17-15;/h5-6,11H,3-4,7-10H2,1-2H3,(H2,16,17,18);1H. The number of nitrogens with zero attached hydrogens (tertiary/aromatic N) is 1. The van der Waals surface area contributed by atoms with E-state index in [0.29, 0.717) is 0 Å². The van der Waals surface area contributed by atoms with Crippen LogP contribution in [0.5, 0.6) is 11.5 Å². The van der Waals surface area contributed by atoms with Gasteiger partial charge in [-0.1, -0.05) is 6.07 Å². The first kappa shape index (κ1) is 17.6. The molecule has 0 unspecified atom stereocenters. The second-order valence-electron chi connectivity index (χ2n) is 4.73. The van der Waals surface area contributed by atoms with Crippen LogP contribution < -0.4 is 20.1 Å². The third kappa shape index (κ3) is 5.46. The molecule has 0 spiro atoms. The Kier molecular flexibility index (Phi) is 7.97. The molecule has 0 saturated heterocycles. The van der Waals surface area contributed by atoms with Gasteiger partial charge in [-0.3, -0.25) is 4.99 Å². The Morgan fingerprint density at radius 2 is 2.00 bits per heavy atom. The second kappa shape index (κ2) is 9.50. The minimum Gasteiger partial charge on any atom is -0.493 e. The van der Waals surface area contributed by atoms with Gasteiger partial charge in [0, 0.05) is 19.6 Å². The third-order valence-corrected chi connectivity index (χ3v) is 3.30. The van der Waals surface area contributed by atoms with Crippen LogP contribution in [0.1, 0.15) is 18.4 Å². The molecule has 0 saturated carbocycles. The maximum Gasteiger partial charge on any atom is 0.191 e. The fourth-order valence-electron chi connectivity index (χ4n) is 2.17. The lowest BCUT2D eigenvalue weighted by atomic mass is 10.1. The highest BCUT2D eigenvalue weighted by molar-refractivity contribution is 8.93. The van der Waals surface area contributed by atoms with E-state index in [1.807, 2.05) is 12.1 Å². The topological polar surface area (TPSA) is 54.9 Å². The van der Waals surface area contributed by atoms with Crippen molar-refractivity contribution in [2.45, 2.75) is 19.3 Å². The molecule has 21 heavy (non-hydrogen) atoms. The summed E-state index contributed by atoms with van der Waals surface area (Å²) in [5.41, 5.74) is 1.21. The molecule has 1 heterocycles. The van der Waals surface area contributed by atoms with Crippen LogP contribution in [-0.4, -0.2) is 39.8 Å². The molecule has 5 nitrogen and oxygen atoms in total. The van der Waals surface area contributed by atoms with Gasteiger partial charge < -0.3 is 20.1 Å². The van der Waals surface area contributed by atoms with Crippen molar-refractivity contribution in [1.82, 2.24) is 10.6 Å². The van der Waals surface area contributed by atoms with Crippen LogP contribution in [0.4, 0.5) is 0 Å². The van der Waals surface area contributed by atoms with E-state index in [1.165, 1.54) is 12.0 Å². The molecular formula is C15H24BrN3O2. The Hall–Kier alpha value is -1.43. The van der Waals surface area contributed by atoms with E-state index in [-0.39, 0.29) is 17.0 Å². The van der Waals surface area contributed by atoms with Crippen LogP contribution >= 0.6 is 17.0 Å². The van der Waals surface area contributed by atoms with E-state index in [9.17, 15) is 0 Å². The molecule has 1 aromatic carbocycles. The normalized spacial score (nSPS) is 14.1. The minimum absolute atomic E-state index is 0. The van der Waals surface area contributed by atoms with Gasteiger partial charge in [0.15, 0.2) is 17.5 Å². The van der Waals surface area contributed by atoms with Gasteiger partial charge in [-0.05, 0) is 37.0 Å². The van der Waals surface area contributed by atoms with Gasteiger partial charge >= 0.3 is 0 Å². The fraction of sp³-hybridized carbons (Fsp3) is 0.533. The van der Waals surface area contributed by atoms with E-state index < -0.39 is 0 Å². The van der Waals surface area contributed by atoms with Gasteiger partial charge in [0.05, 0.1) is 14.2 Å². The summed E-state index contributed by atoms with van der Waals surface area (Å²) in [7, 11) is 3.30. The van der Waals surface area contributed by atoms with Gasteiger partial charge in [-0.15, -0.1) is 17.0 Å². The van der Waals surface area contributed by atoms with E-state index in [0.717, 1.165) is 49.9 Å². The highest BCUT2D eigenvalue weighted by Crippen LogP contribution is 2.27. The Morgan fingerprint density at radius 3 is 2.76 bits per heavy atom. The maximum atomic E-state index is 5.31. The zero-order valence-electron chi connectivity index (χ0n) is 12.6. The van der Waals surface area contributed by atoms with Crippen LogP contribution in [0, 0.1) is 0 Å². The van der Waals surface area contributed by atoms with Gasteiger partial charge in [-0.25, -0.2) is 0 Å². The van der Waals surface area contributed by atoms with Crippen molar-refractivity contribution in [3.8, 4) is 11.5 Å². The van der Waals surface area contributed by atoms with Crippen molar-refractivity contribution in [1.29, 1.82) is 0 Å². The number of nitrogens with one attached hydrogen (secondary N) is 2. The molecule has 0 atom stereocenters. The van der Waals surface area contributed by atoms with Crippen molar-refractivity contribution in [3.05, 3.63) is 23.8 Å². The smallest absolute Gasteiger partial charge is 0.191 e. The molecular weight excluding hydrogens is 334 g/mol. The van der Waals surface area contributed by atoms with Crippen molar-refractivity contribution in [2.24, 2.45) is 4.99 Å². The zero-order valence-corrected chi connectivity index (χ0v) is 14.4. The van der Waals surface area contributed by atoms with E-state index in [4.69, 9.17) is 9.47 Å². The fourth-order valence-corrected chi connectivity index (χ4v) is 2.17. The average molecular weight is 358 g/mol. The number of aliphatic imine (C=N–C) groups is 1. The number of guanidine groups is 1. The van der Waals surface area contributed by atoms with E-state index >= 15 is 0 Å². The molecule has 0 amide bonds. The van der Waals surface area contributed by atoms with Crippen LogP contribution in [0.25, 0.3) is 0 Å². The number of hydrogen-bond donors (Lipinski definition) is 2. The average Bonchev–Trinajstić information content (AvgIpc) is 2.76. The molecule has 1 aliphatic heterocycles. The van der Waals surface area contributed by atoms with Crippen LogP contribution in [0.3, 0.4) is 0 Å². The molecule has 2 rings (SSSR count). The first-order valence-electron chi connectivity index (χ1n) is 7.06. The molecule has 118 valence electrons. The largest absolute Gasteiger partial charge is 0.493 e. The summed E-state index contributed by atoms with van der Waals surface area (Å²) >= 11 is 0. The lowest BCUT2D eigenvalue weighted by Gasteiger charge is -2.12. The summed E-state index contributed by atoms with van der Waals surface area (Å²) in [6.45, 7) is 2.76. The van der Waals surface area contributed by atoms with Crippen LogP contribution in [0.2, 0.25) is 0 Å². The number of benzene rings is 1. The highest BCUT2D eigenvalue weighted by Gasteiger charge is 2.05. The van der Waals surface area contributed by atoms with Crippen molar-refractivity contribution < 1.29 is 9.47 Å². The predicted molar refractivity (Wildman–Crippen MR) is 91.1 cm³/mol. The quantitative estimate of drug-likeness (QED) is 0.847. The molecule has 6 heteroatoms. The number of halogens is 1. The van der Waals surface area contributed by atoms with Gasteiger partial charge in [-0.2, -0.15) is 0 Å². The van der Waals surface area contributed by atoms with Crippen molar-refractivity contribution >= 4 is 22.9 Å². The lowest BCUT2D eigenvalue weighted by molar-refractivity contribution is 0.354. The minimum atomic E-state index is 0. The van der Waals surface area contributed by atoms with Crippen molar-refractivity contribution in [2.75, 3.05) is 33.9 Å². The first-order chi connectivity index (χ1) is 9.83. The number of hydrogen-bond acceptors (Lipinski definition) is 5. The molecule has 0 radical (unpaired) electrons. The maximum absolute atomic E-state index is 5.31. The summed E-state index contributed by atoms with van der Waals surface area (Å²) < 4.78 is 10.5. The lowest BCUT2D eigenvalue weighted by Crippen LogP contribution is -2.38. The van der Waals surface area contributed by atoms with Gasteiger partial charge in [0.1, 0.15) is 0 Å². The monoisotopic (exact) mass is 357 g/mol. The first-order valence-corrected chi connectivity index (χ1v) is 7.06. The Balaban J connectivity index is 0.00000220. The molecule has 0 aliphatic carbocycles. The predicted octanol–water partition coefficient (Wildman–Crippen LogP) is 2.15. The van der Waals surface area contributed by atoms with Gasteiger partial charge in [0.25, 0.3) is 0 Å². The number of methoxy groups -OCH3 is 2. The summed E-state index contributed by atoms with van der Waals surface area (Å²) in [5.74, 6) is 2.46. The Labute approximate surface area is 136 Å². The van der Waals surface area contributed by atoms with Crippen LogP contribution in [-0.2, 0) is 6.42 Å². The van der Waals surface area contributed by atoms with E-state index in [2.05, 4.69) is 21.7 Å². The SMILES string of the molecule is Br.COc1ccc(CCNC2=NCCCCN2)cc1OC. The summed E-state index contributed by atoms with van der Waals surface area (Å²) in [4.78, 5) is 4.47.